The van der Waals surface area contributed by atoms with Crippen molar-refractivity contribution in [3.63, 3.8) is 0 Å². The molecule has 3 aromatic rings. The highest BCUT2D eigenvalue weighted by Crippen LogP contribution is 2.29. The number of piperazine rings is 1. The quantitative estimate of drug-likeness (QED) is 0.511. The van der Waals surface area contributed by atoms with E-state index in [9.17, 15) is 18.0 Å². The largest absolute Gasteiger partial charge is 0.493 e. The summed E-state index contributed by atoms with van der Waals surface area (Å²) in [6, 6.07) is 9.74. The van der Waals surface area contributed by atoms with Crippen molar-refractivity contribution < 1.29 is 22.7 Å². The molecule has 1 fully saturated rings. The van der Waals surface area contributed by atoms with E-state index in [1.807, 2.05) is 13.8 Å². The summed E-state index contributed by atoms with van der Waals surface area (Å²) in [6.45, 7) is 4.74. The summed E-state index contributed by atoms with van der Waals surface area (Å²) in [7, 11) is -0.728. The molecule has 1 amide bonds. The van der Waals surface area contributed by atoms with E-state index < -0.39 is 10.0 Å². The molecule has 0 spiro atoms. The van der Waals surface area contributed by atoms with Gasteiger partial charge in [0.1, 0.15) is 0 Å². The summed E-state index contributed by atoms with van der Waals surface area (Å²) in [4.78, 5) is 26.9. The van der Waals surface area contributed by atoms with Crippen LogP contribution in [0, 0.1) is 0 Å². The van der Waals surface area contributed by atoms with Gasteiger partial charge in [-0.3, -0.25) is 14.2 Å². The van der Waals surface area contributed by atoms with E-state index in [0.717, 1.165) is 16.9 Å². The fraction of sp³-hybridized carbons (Fsp3) is 0.391. The Morgan fingerprint density at radius 1 is 0.971 bits per heavy atom. The second-order valence-corrected chi connectivity index (χ2v) is 11.2. The van der Waals surface area contributed by atoms with E-state index in [0.29, 0.717) is 21.8 Å². The minimum atomic E-state index is -3.76. The summed E-state index contributed by atoms with van der Waals surface area (Å²) in [5, 5.41) is 0. The number of hydrogen-bond donors (Lipinski definition) is 0. The summed E-state index contributed by atoms with van der Waals surface area (Å²) < 4.78 is 40.7. The van der Waals surface area contributed by atoms with Crippen LogP contribution in [0.25, 0.3) is 10.2 Å². The van der Waals surface area contributed by atoms with Gasteiger partial charge in [-0.05, 0) is 50.2 Å². The van der Waals surface area contributed by atoms with Crippen molar-refractivity contribution in [3.05, 3.63) is 51.6 Å². The van der Waals surface area contributed by atoms with Gasteiger partial charge in [0.25, 0.3) is 5.91 Å². The molecule has 11 heteroatoms. The predicted octanol–water partition coefficient (Wildman–Crippen LogP) is 2.81. The van der Waals surface area contributed by atoms with Crippen LogP contribution in [0.1, 0.15) is 30.2 Å². The zero-order chi connectivity index (χ0) is 24.6. The number of fused-ring (bicyclic) bond motifs is 1. The van der Waals surface area contributed by atoms with Gasteiger partial charge in [0.2, 0.25) is 10.0 Å². The lowest BCUT2D eigenvalue weighted by Gasteiger charge is -2.34. The molecule has 0 saturated carbocycles. The third-order valence-corrected chi connectivity index (χ3v) is 8.71. The van der Waals surface area contributed by atoms with Crippen molar-refractivity contribution in [1.29, 1.82) is 0 Å². The predicted molar refractivity (Wildman–Crippen MR) is 131 cm³/mol. The normalized spacial score (nSPS) is 15.1. The van der Waals surface area contributed by atoms with Gasteiger partial charge in [-0.15, -0.1) is 0 Å². The highest BCUT2D eigenvalue weighted by molar-refractivity contribution is 7.89. The van der Waals surface area contributed by atoms with Crippen LogP contribution in [0.2, 0.25) is 0 Å². The van der Waals surface area contributed by atoms with Gasteiger partial charge in [0.05, 0.1) is 29.3 Å². The first-order chi connectivity index (χ1) is 16.2. The molecule has 182 valence electrons. The third kappa shape index (κ3) is 4.30. The van der Waals surface area contributed by atoms with Gasteiger partial charge < -0.3 is 14.4 Å². The number of ether oxygens (including phenoxy) is 2. The first kappa shape index (κ1) is 24.2. The van der Waals surface area contributed by atoms with Gasteiger partial charge >= 0.3 is 4.87 Å². The number of hydrogen-bond acceptors (Lipinski definition) is 7. The van der Waals surface area contributed by atoms with Crippen LogP contribution in [-0.2, 0) is 10.0 Å². The van der Waals surface area contributed by atoms with Crippen molar-refractivity contribution in [1.82, 2.24) is 13.8 Å². The third-order valence-electron chi connectivity index (χ3n) is 5.90. The van der Waals surface area contributed by atoms with E-state index in [2.05, 4.69) is 0 Å². The zero-order valence-electron chi connectivity index (χ0n) is 19.5. The molecule has 2 aromatic carbocycles. The van der Waals surface area contributed by atoms with Gasteiger partial charge in [-0.1, -0.05) is 11.3 Å². The Morgan fingerprint density at radius 3 is 2.26 bits per heavy atom. The molecule has 0 atom stereocenters. The topological polar surface area (TPSA) is 98.2 Å². The summed E-state index contributed by atoms with van der Waals surface area (Å²) >= 11 is 1.04. The molecule has 4 rings (SSSR count). The van der Waals surface area contributed by atoms with Crippen LogP contribution in [0.3, 0.4) is 0 Å². The number of rotatable bonds is 6. The first-order valence-corrected chi connectivity index (χ1v) is 13.1. The lowest BCUT2D eigenvalue weighted by Crippen LogP contribution is -2.50. The standard InChI is InChI=1S/C23H27N3O6S2/c1-15(2)26-18-7-6-17(14-21(18)33-23(26)28)34(29,30)25-11-9-24(10-12-25)22(27)16-5-8-19(31-3)20(13-16)32-4/h5-8,13-15H,9-12H2,1-4H3. The molecular weight excluding hydrogens is 478 g/mol. The van der Waals surface area contributed by atoms with Crippen molar-refractivity contribution in [2.24, 2.45) is 0 Å². The van der Waals surface area contributed by atoms with E-state index in [1.165, 1.54) is 18.5 Å². The van der Waals surface area contributed by atoms with Gasteiger partial charge in [-0.25, -0.2) is 8.42 Å². The van der Waals surface area contributed by atoms with Crippen LogP contribution in [0.15, 0.2) is 46.1 Å². The Bertz CT molecular complexity index is 1390. The average Bonchev–Trinajstić information content (AvgIpc) is 3.18. The number of carbonyl (C=O) groups is 1. The molecule has 0 aliphatic carbocycles. The smallest absolute Gasteiger partial charge is 0.308 e. The number of thiazole rings is 1. The number of methoxy groups -OCH3 is 2. The van der Waals surface area contributed by atoms with E-state index in [4.69, 9.17) is 9.47 Å². The number of sulfonamides is 1. The van der Waals surface area contributed by atoms with Crippen LogP contribution in [0.4, 0.5) is 0 Å². The molecule has 1 saturated heterocycles. The molecule has 2 heterocycles. The van der Waals surface area contributed by atoms with Gasteiger partial charge in [0, 0.05) is 37.8 Å². The van der Waals surface area contributed by atoms with Crippen molar-refractivity contribution in [2.45, 2.75) is 24.8 Å². The van der Waals surface area contributed by atoms with Crippen LogP contribution < -0.4 is 14.3 Å². The lowest BCUT2D eigenvalue weighted by molar-refractivity contribution is 0.0697. The van der Waals surface area contributed by atoms with Crippen LogP contribution in [-0.4, -0.2) is 68.5 Å². The van der Waals surface area contributed by atoms with E-state index in [-0.39, 0.29) is 47.9 Å². The van der Waals surface area contributed by atoms with Gasteiger partial charge in [0.15, 0.2) is 11.5 Å². The Labute approximate surface area is 202 Å². The first-order valence-electron chi connectivity index (χ1n) is 10.8. The lowest BCUT2D eigenvalue weighted by atomic mass is 10.1. The molecule has 1 aliphatic rings. The molecule has 0 bridgehead atoms. The molecule has 1 aromatic heterocycles. The summed E-state index contributed by atoms with van der Waals surface area (Å²) in [6.07, 6.45) is 0. The maximum atomic E-state index is 13.3. The molecule has 0 N–H and O–H groups in total. The maximum Gasteiger partial charge on any atom is 0.308 e. The van der Waals surface area contributed by atoms with Crippen molar-refractivity contribution in [2.75, 3.05) is 40.4 Å². The molecule has 34 heavy (non-hydrogen) atoms. The van der Waals surface area contributed by atoms with E-state index in [1.54, 1.807) is 45.9 Å². The second-order valence-electron chi connectivity index (χ2n) is 8.23. The Morgan fingerprint density at radius 2 is 1.65 bits per heavy atom. The fourth-order valence-electron chi connectivity index (χ4n) is 4.10. The Balaban J connectivity index is 1.50. The summed E-state index contributed by atoms with van der Waals surface area (Å²) in [5.41, 5.74) is 1.18. The number of amides is 1. The van der Waals surface area contributed by atoms with Crippen LogP contribution >= 0.6 is 11.3 Å². The number of nitrogens with zero attached hydrogens (tertiary/aromatic N) is 3. The minimum Gasteiger partial charge on any atom is -0.493 e. The number of aromatic nitrogens is 1. The van der Waals surface area contributed by atoms with Crippen molar-refractivity contribution >= 4 is 37.5 Å². The zero-order valence-corrected chi connectivity index (χ0v) is 21.1. The SMILES string of the molecule is COc1ccc(C(=O)N2CCN(S(=O)(=O)c3ccc4c(c3)sc(=O)n4C(C)C)CC2)cc1OC. The monoisotopic (exact) mass is 505 g/mol. The second kappa shape index (κ2) is 9.40. The number of carbonyl (C=O) groups excluding carboxylic acids is 1. The molecule has 9 nitrogen and oxygen atoms in total. The molecular formula is C23H27N3O6S2. The molecule has 0 radical (unpaired) electrons. The Hall–Kier alpha value is -2.89. The Kier molecular flexibility index (Phi) is 6.70. The fourth-order valence-corrected chi connectivity index (χ4v) is 6.67. The highest BCUT2D eigenvalue weighted by Gasteiger charge is 2.31. The molecule has 1 aliphatic heterocycles. The molecule has 0 unspecified atom stereocenters. The van der Waals surface area contributed by atoms with Crippen molar-refractivity contribution in [3.8, 4) is 11.5 Å². The van der Waals surface area contributed by atoms with Crippen LogP contribution in [0.5, 0.6) is 11.5 Å². The maximum absolute atomic E-state index is 13.3. The minimum absolute atomic E-state index is 0.0139. The van der Waals surface area contributed by atoms with Gasteiger partial charge in [-0.2, -0.15) is 4.31 Å². The highest BCUT2D eigenvalue weighted by atomic mass is 32.2. The summed E-state index contributed by atoms with van der Waals surface area (Å²) in [5.74, 6) is 0.790. The van der Waals surface area contributed by atoms with E-state index >= 15 is 0 Å². The number of benzene rings is 2. The average molecular weight is 506 g/mol.